The van der Waals surface area contributed by atoms with Crippen molar-refractivity contribution in [3.05, 3.63) is 35.9 Å². The largest absolute Gasteiger partial charge is 0.304 e. The van der Waals surface area contributed by atoms with E-state index in [1.807, 2.05) is 13.0 Å². The Balaban J connectivity index is 1.55. The summed E-state index contributed by atoms with van der Waals surface area (Å²) in [5, 5.41) is 3.45. The molecule has 0 spiro atoms. The minimum absolute atomic E-state index is 0.0612. The predicted octanol–water partition coefficient (Wildman–Crippen LogP) is 1.74. The van der Waals surface area contributed by atoms with Crippen LogP contribution in [0.4, 0.5) is 0 Å². The quantitative estimate of drug-likeness (QED) is 0.805. The lowest BCUT2D eigenvalue weighted by atomic mass is 10.0. The second-order valence-electron chi connectivity index (χ2n) is 6.09. The van der Waals surface area contributed by atoms with Crippen molar-refractivity contribution in [2.45, 2.75) is 49.4 Å². The summed E-state index contributed by atoms with van der Waals surface area (Å²) in [5.41, 5.74) is 1.36. The first kappa shape index (κ1) is 14.0. The van der Waals surface area contributed by atoms with Gasteiger partial charge in [-0.25, -0.2) is 13.1 Å². The van der Waals surface area contributed by atoms with Crippen LogP contribution in [0.5, 0.6) is 0 Å². The third-order valence-electron chi connectivity index (χ3n) is 4.15. The Morgan fingerprint density at radius 2 is 1.90 bits per heavy atom. The van der Waals surface area contributed by atoms with E-state index in [4.69, 9.17) is 0 Å². The van der Waals surface area contributed by atoms with E-state index in [9.17, 15) is 8.42 Å². The number of rotatable bonds is 7. The summed E-state index contributed by atoms with van der Waals surface area (Å²) < 4.78 is 26.4. The van der Waals surface area contributed by atoms with E-state index < -0.39 is 10.0 Å². The highest BCUT2D eigenvalue weighted by molar-refractivity contribution is 7.90. The number of sulfonamides is 1. The third-order valence-corrected chi connectivity index (χ3v) is 6.07. The standard InChI is InChI=1S/C15H22N2O2S/c1-12(11-16-20(18,19)14-7-8-14)17-15(9-10-15)13-5-3-2-4-6-13/h2-6,12,14,16-17H,7-11H2,1H3/t12-/m0/s1. The van der Waals surface area contributed by atoms with Gasteiger partial charge < -0.3 is 5.32 Å². The predicted molar refractivity (Wildman–Crippen MR) is 79.9 cm³/mol. The van der Waals surface area contributed by atoms with E-state index in [2.05, 4.69) is 34.3 Å². The molecule has 0 amide bonds. The first-order valence-electron chi connectivity index (χ1n) is 7.34. The van der Waals surface area contributed by atoms with Gasteiger partial charge >= 0.3 is 0 Å². The summed E-state index contributed by atoms with van der Waals surface area (Å²) in [6.07, 6.45) is 3.86. The molecule has 2 N–H and O–H groups in total. The lowest BCUT2D eigenvalue weighted by Gasteiger charge is -2.23. The highest BCUT2D eigenvalue weighted by Crippen LogP contribution is 2.45. The molecule has 0 radical (unpaired) electrons. The molecular formula is C15H22N2O2S. The lowest BCUT2D eigenvalue weighted by molar-refractivity contribution is 0.434. The fourth-order valence-electron chi connectivity index (χ4n) is 2.66. The molecule has 0 heterocycles. The molecule has 20 heavy (non-hydrogen) atoms. The van der Waals surface area contributed by atoms with Crippen LogP contribution >= 0.6 is 0 Å². The maximum atomic E-state index is 11.8. The minimum atomic E-state index is -3.07. The molecule has 2 aliphatic carbocycles. The Bertz CT molecular complexity index is 563. The average molecular weight is 294 g/mol. The van der Waals surface area contributed by atoms with E-state index in [-0.39, 0.29) is 16.8 Å². The number of hydrogen-bond donors (Lipinski definition) is 2. The van der Waals surface area contributed by atoms with Crippen molar-refractivity contribution in [2.75, 3.05) is 6.54 Å². The fourth-order valence-corrected chi connectivity index (χ4v) is 4.13. The van der Waals surface area contributed by atoms with E-state index in [0.29, 0.717) is 6.54 Å². The van der Waals surface area contributed by atoms with Crippen molar-refractivity contribution >= 4 is 10.0 Å². The van der Waals surface area contributed by atoms with Crippen molar-refractivity contribution < 1.29 is 8.42 Å². The fraction of sp³-hybridized carbons (Fsp3) is 0.600. The van der Waals surface area contributed by atoms with Gasteiger partial charge in [0.15, 0.2) is 0 Å². The van der Waals surface area contributed by atoms with Gasteiger partial charge in [-0.2, -0.15) is 0 Å². The van der Waals surface area contributed by atoms with Gasteiger partial charge in [-0.1, -0.05) is 30.3 Å². The van der Waals surface area contributed by atoms with E-state index in [0.717, 1.165) is 25.7 Å². The molecule has 2 aliphatic rings. The summed E-state index contributed by atoms with van der Waals surface area (Å²) in [6, 6.07) is 10.5. The van der Waals surface area contributed by atoms with Crippen LogP contribution in [0.3, 0.4) is 0 Å². The van der Waals surface area contributed by atoms with Crippen LogP contribution in [-0.2, 0) is 15.6 Å². The molecule has 1 atom stereocenters. The SMILES string of the molecule is C[C@@H](CNS(=O)(=O)C1CC1)NC1(c2ccccc2)CC1. The average Bonchev–Trinajstić information content (AvgIpc) is 3.31. The van der Waals surface area contributed by atoms with Gasteiger partial charge in [-0.3, -0.25) is 0 Å². The van der Waals surface area contributed by atoms with Gasteiger partial charge in [0.05, 0.1) is 5.25 Å². The van der Waals surface area contributed by atoms with Crippen molar-refractivity contribution in [1.82, 2.24) is 10.0 Å². The maximum absolute atomic E-state index is 11.8. The third kappa shape index (κ3) is 3.05. The van der Waals surface area contributed by atoms with Crippen LogP contribution in [0.15, 0.2) is 30.3 Å². The molecule has 0 saturated heterocycles. The lowest BCUT2D eigenvalue weighted by Crippen LogP contribution is -2.44. The first-order chi connectivity index (χ1) is 9.52. The molecule has 0 unspecified atom stereocenters. The first-order valence-corrected chi connectivity index (χ1v) is 8.88. The van der Waals surface area contributed by atoms with Crippen LogP contribution in [0, 0.1) is 0 Å². The molecule has 1 aromatic carbocycles. The smallest absolute Gasteiger partial charge is 0.214 e. The van der Waals surface area contributed by atoms with Gasteiger partial charge in [0, 0.05) is 18.1 Å². The molecule has 3 rings (SSSR count). The Labute approximate surface area is 121 Å². The Morgan fingerprint density at radius 1 is 1.25 bits per heavy atom. The highest BCUT2D eigenvalue weighted by Gasteiger charge is 2.45. The van der Waals surface area contributed by atoms with Crippen LogP contribution in [-0.4, -0.2) is 26.3 Å². The van der Waals surface area contributed by atoms with Crippen molar-refractivity contribution in [3.63, 3.8) is 0 Å². The van der Waals surface area contributed by atoms with Gasteiger partial charge in [0.25, 0.3) is 0 Å². The number of nitrogens with one attached hydrogen (secondary N) is 2. The summed E-state index contributed by atoms with van der Waals surface area (Å²) in [7, 11) is -3.07. The van der Waals surface area contributed by atoms with Gasteiger partial charge in [-0.15, -0.1) is 0 Å². The zero-order chi connectivity index (χ0) is 14.2. The second kappa shape index (κ2) is 5.13. The van der Waals surface area contributed by atoms with Crippen LogP contribution in [0.2, 0.25) is 0 Å². The summed E-state index contributed by atoms with van der Waals surface area (Å²) in [5.74, 6) is 0. The zero-order valence-electron chi connectivity index (χ0n) is 11.8. The molecule has 2 saturated carbocycles. The van der Waals surface area contributed by atoms with E-state index in [1.54, 1.807) is 0 Å². The Hall–Kier alpha value is -0.910. The normalized spacial score (nSPS) is 22.4. The molecule has 5 heteroatoms. The molecule has 2 fully saturated rings. The molecule has 0 aliphatic heterocycles. The van der Waals surface area contributed by atoms with Crippen LogP contribution < -0.4 is 10.0 Å². The molecule has 4 nitrogen and oxygen atoms in total. The monoisotopic (exact) mass is 294 g/mol. The minimum Gasteiger partial charge on any atom is -0.304 e. The van der Waals surface area contributed by atoms with E-state index >= 15 is 0 Å². The molecule has 0 aromatic heterocycles. The van der Waals surface area contributed by atoms with E-state index in [1.165, 1.54) is 5.56 Å². The summed E-state index contributed by atoms with van der Waals surface area (Å²) in [6.45, 7) is 2.51. The van der Waals surface area contributed by atoms with Crippen LogP contribution in [0.1, 0.15) is 38.2 Å². The molecule has 0 bridgehead atoms. The van der Waals surface area contributed by atoms with Gasteiger partial charge in [-0.05, 0) is 38.2 Å². The van der Waals surface area contributed by atoms with Gasteiger partial charge in [0.1, 0.15) is 0 Å². The Morgan fingerprint density at radius 3 is 2.45 bits per heavy atom. The molecular weight excluding hydrogens is 272 g/mol. The summed E-state index contributed by atoms with van der Waals surface area (Å²) in [4.78, 5) is 0. The highest BCUT2D eigenvalue weighted by atomic mass is 32.2. The van der Waals surface area contributed by atoms with Crippen molar-refractivity contribution in [1.29, 1.82) is 0 Å². The van der Waals surface area contributed by atoms with Crippen molar-refractivity contribution in [3.8, 4) is 0 Å². The molecule has 110 valence electrons. The molecule has 1 aromatic rings. The Kier molecular flexibility index (Phi) is 3.60. The van der Waals surface area contributed by atoms with Crippen LogP contribution in [0.25, 0.3) is 0 Å². The summed E-state index contributed by atoms with van der Waals surface area (Å²) >= 11 is 0. The maximum Gasteiger partial charge on any atom is 0.214 e. The zero-order valence-corrected chi connectivity index (χ0v) is 12.6. The second-order valence-corrected chi connectivity index (χ2v) is 8.13. The number of benzene rings is 1. The van der Waals surface area contributed by atoms with Crippen molar-refractivity contribution in [2.24, 2.45) is 0 Å². The topological polar surface area (TPSA) is 58.2 Å². The number of hydrogen-bond acceptors (Lipinski definition) is 3. The van der Waals surface area contributed by atoms with Gasteiger partial charge in [0.2, 0.25) is 10.0 Å².